The van der Waals surface area contributed by atoms with Crippen LogP contribution in [0.5, 0.6) is 0 Å². The van der Waals surface area contributed by atoms with Gasteiger partial charge in [-0.25, -0.2) is 0 Å². The molecule has 44 valence electrons. The minimum absolute atomic E-state index is 0.0463. The molecule has 0 saturated carbocycles. The first-order valence-electron chi connectivity index (χ1n) is 1.65. The van der Waals surface area contributed by atoms with Crippen molar-refractivity contribution in [3.05, 3.63) is 0 Å². The number of halogens is 4. The van der Waals surface area contributed by atoms with E-state index >= 15 is 0 Å². The molecular weight excluding hydrogens is 238 g/mol. The Morgan fingerprint density at radius 2 is 1.57 bits per heavy atom. The van der Waals surface area contributed by atoms with Crippen LogP contribution in [0.15, 0.2) is 0 Å². The number of hydrogen-bond donors (Lipinski definition) is 0. The summed E-state index contributed by atoms with van der Waals surface area (Å²) in [7, 11) is 0. The van der Waals surface area contributed by atoms with E-state index in [9.17, 15) is 0 Å². The highest BCUT2D eigenvalue weighted by atomic mass is 79.9. The molecule has 0 N–H and O–H groups in total. The van der Waals surface area contributed by atoms with Crippen molar-refractivity contribution in [1.29, 1.82) is 0 Å². The fourth-order valence-electron chi connectivity index (χ4n) is 0. The van der Waals surface area contributed by atoms with Crippen molar-refractivity contribution in [3.63, 3.8) is 0 Å². The summed E-state index contributed by atoms with van der Waals surface area (Å²) in [6.45, 7) is 1.83. The largest absolute Gasteiger partial charge is 0.353 e. The standard InChI is InChI=1S/C2H4BrCl3Si/c1-2(3)7(4,5)6/h2H,1H3. The summed E-state index contributed by atoms with van der Waals surface area (Å²) in [6, 6.07) is -2.40. The molecule has 0 aromatic heterocycles. The van der Waals surface area contributed by atoms with Gasteiger partial charge in [0.15, 0.2) is 0 Å². The summed E-state index contributed by atoms with van der Waals surface area (Å²) < 4.78 is 0.0463. The first kappa shape index (κ1) is 8.57. The number of rotatable bonds is 1. The molecule has 0 heterocycles. The molecule has 0 radical (unpaired) electrons. The molecule has 0 nitrogen and oxygen atoms in total. The summed E-state index contributed by atoms with van der Waals surface area (Å²) in [5.41, 5.74) is 0. The van der Waals surface area contributed by atoms with Crippen LogP contribution in [0, 0.1) is 0 Å². The molecule has 0 amide bonds. The van der Waals surface area contributed by atoms with Crippen LogP contribution in [0.25, 0.3) is 0 Å². The predicted molar refractivity (Wildman–Crippen MR) is 41.7 cm³/mol. The van der Waals surface area contributed by atoms with Crippen LogP contribution in [0.2, 0.25) is 0 Å². The van der Waals surface area contributed by atoms with Crippen LogP contribution in [0.3, 0.4) is 0 Å². The van der Waals surface area contributed by atoms with Gasteiger partial charge in [0.1, 0.15) is 0 Å². The van der Waals surface area contributed by atoms with Gasteiger partial charge in [-0.05, 0) is 0 Å². The summed E-state index contributed by atoms with van der Waals surface area (Å²) in [5, 5.41) is 0. The first-order chi connectivity index (χ1) is 2.94. The second-order valence-corrected chi connectivity index (χ2v) is 12.4. The Balaban J connectivity index is 3.54. The Morgan fingerprint density at radius 3 is 1.57 bits per heavy atom. The molecule has 0 bridgehead atoms. The maximum atomic E-state index is 5.49. The zero-order valence-electron chi connectivity index (χ0n) is 3.59. The third-order valence-electron chi connectivity index (χ3n) is 0.451. The normalized spacial score (nSPS) is 16.7. The van der Waals surface area contributed by atoms with Gasteiger partial charge in [0.25, 0.3) is 0 Å². The quantitative estimate of drug-likeness (QED) is 0.377. The van der Waals surface area contributed by atoms with Crippen molar-refractivity contribution in [2.75, 3.05) is 0 Å². The van der Waals surface area contributed by atoms with Crippen molar-refractivity contribution >= 4 is 55.2 Å². The Labute approximate surface area is 66.4 Å². The van der Waals surface area contributed by atoms with Crippen molar-refractivity contribution in [3.8, 4) is 0 Å². The zero-order chi connectivity index (χ0) is 6.08. The van der Waals surface area contributed by atoms with E-state index in [1.165, 1.54) is 0 Å². The van der Waals surface area contributed by atoms with Gasteiger partial charge in [0.2, 0.25) is 0 Å². The lowest BCUT2D eigenvalue weighted by Gasteiger charge is -2.07. The van der Waals surface area contributed by atoms with Gasteiger partial charge < -0.3 is 0 Å². The SMILES string of the molecule is CC(Br)[Si](Cl)(Cl)Cl. The first-order valence-corrected chi connectivity index (χ1v) is 7.68. The zero-order valence-corrected chi connectivity index (χ0v) is 8.44. The Kier molecular flexibility index (Phi) is 3.58. The molecule has 0 aromatic carbocycles. The van der Waals surface area contributed by atoms with Crippen molar-refractivity contribution < 1.29 is 0 Å². The molecule has 5 heteroatoms. The molecule has 0 rings (SSSR count). The van der Waals surface area contributed by atoms with Gasteiger partial charge in [0, 0.05) is 4.45 Å². The summed E-state index contributed by atoms with van der Waals surface area (Å²) in [4.78, 5) is 0. The van der Waals surface area contributed by atoms with Gasteiger partial charge in [-0.1, -0.05) is 22.9 Å². The smallest absolute Gasteiger partial charge is 0.125 e. The van der Waals surface area contributed by atoms with E-state index in [1.807, 2.05) is 6.92 Å². The van der Waals surface area contributed by atoms with Crippen LogP contribution in [0.4, 0.5) is 0 Å². The topological polar surface area (TPSA) is 0 Å². The Bertz CT molecular complexity index is 58.4. The van der Waals surface area contributed by atoms with E-state index < -0.39 is 6.00 Å². The average molecular weight is 242 g/mol. The second kappa shape index (κ2) is 2.92. The third-order valence-corrected chi connectivity index (χ3v) is 8.73. The molecular formula is C2H4BrCl3Si. The lowest BCUT2D eigenvalue weighted by Crippen LogP contribution is -2.21. The van der Waals surface area contributed by atoms with Gasteiger partial charge in [-0.3, -0.25) is 0 Å². The fraction of sp³-hybridized carbons (Fsp3) is 1.00. The summed E-state index contributed by atoms with van der Waals surface area (Å²) >= 11 is 19.6. The summed E-state index contributed by atoms with van der Waals surface area (Å²) in [6.07, 6.45) is 0. The molecule has 7 heavy (non-hydrogen) atoms. The maximum absolute atomic E-state index is 5.49. The highest BCUT2D eigenvalue weighted by Gasteiger charge is 2.30. The lowest BCUT2D eigenvalue weighted by atomic mass is 11.0. The van der Waals surface area contributed by atoms with Crippen LogP contribution in [-0.2, 0) is 0 Å². The van der Waals surface area contributed by atoms with Crippen molar-refractivity contribution in [2.45, 2.75) is 11.4 Å². The van der Waals surface area contributed by atoms with Crippen LogP contribution >= 0.6 is 49.2 Å². The number of alkyl halides is 1. The monoisotopic (exact) mass is 240 g/mol. The molecule has 1 atom stereocenters. The van der Waals surface area contributed by atoms with Gasteiger partial charge >= 0.3 is 6.00 Å². The maximum Gasteiger partial charge on any atom is 0.353 e. The fourth-order valence-corrected chi connectivity index (χ4v) is 0. The highest BCUT2D eigenvalue weighted by molar-refractivity contribution is 9.10. The van der Waals surface area contributed by atoms with E-state index in [4.69, 9.17) is 33.2 Å². The van der Waals surface area contributed by atoms with E-state index in [2.05, 4.69) is 15.9 Å². The molecule has 0 aromatic rings. The van der Waals surface area contributed by atoms with Crippen molar-refractivity contribution in [2.24, 2.45) is 0 Å². The highest BCUT2D eigenvalue weighted by Crippen LogP contribution is 2.28. The van der Waals surface area contributed by atoms with Crippen LogP contribution in [0.1, 0.15) is 6.92 Å². The number of hydrogen-bond acceptors (Lipinski definition) is 0. The predicted octanol–water partition coefficient (Wildman–Crippen LogP) is 2.96. The van der Waals surface area contributed by atoms with E-state index in [0.717, 1.165) is 0 Å². The van der Waals surface area contributed by atoms with Gasteiger partial charge in [-0.15, -0.1) is 33.2 Å². The average Bonchev–Trinajstić information content (AvgIpc) is 1.31. The molecule has 0 aliphatic heterocycles. The van der Waals surface area contributed by atoms with Crippen LogP contribution in [-0.4, -0.2) is 10.5 Å². The minimum Gasteiger partial charge on any atom is -0.125 e. The van der Waals surface area contributed by atoms with Gasteiger partial charge in [-0.2, -0.15) is 0 Å². The van der Waals surface area contributed by atoms with Crippen LogP contribution < -0.4 is 0 Å². The molecule has 0 spiro atoms. The lowest BCUT2D eigenvalue weighted by molar-refractivity contribution is 1.41. The molecule has 1 unspecified atom stereocenters. The van der Waals surface area contributed by atoms with Crippen molar-refractivity contribution in [1.82, 2.24) is 0 Å². The third kappa shape index (κ3) is 4.10. The molecule has 0 aliphatic carbocycles. The minimum atomic E-state index is -2.40. The molecule has 0 fully saturated rings. The Morgan fingerprint density at radius 1 is 1.43 bits per heavy atom. The van der Waals surface area contributed by atoms with E-state index in [-0.39, 0.29) is 4.45 Å². The summed E-state index contributed by atoms with van der Waals surface area (Å²) in [5.74, 6) is 0. The van der Waals surface area contributed by atoms with E-state index in [1.54, 1.807) is 0 Å². The second-order valence-electron chi connectivity index (χ2n) is 1.16. The van der Waals surface area contributed by atoms with E-state index in [0.29, 0.717) is 0 Å². The molecule has 0 saturated heterocycles. The Hall–Kier alpha value is 1.57. The van der Waals surface area contributed by atoms with Gasteiger partial charge in [0.05, 0.1) is 0 Å². The molecule has 0 aliphatic rings.